The second-order valence-corrected chi connectivity index (χ2v) is 5.39. The normalized spacial score (nSPS) is 19.7. The fourth-order valence-electron chi connectivity index (χ4n) is 2.30. The van der Waals surface area contributed by atoms with E-state index in [9.17, 15) is 4.79 Å². The van der Waals surface area contributed by atoms with Crippen LogP contribution in [0.1, 0.15) is 19.8 Å². The molecule has 1 aliphatic heterocycles. The lowest BCUT2D eigenvalue weighted by molar-refractivity contribution is -0.130. The molecule has 1 heterocycles. The number of carbonyl (C=O) groups excluding carboxylic acids is 1. The molecule has 1 saturated heterocycles. The molecule has 18 heavy (non-hydrogen) atoms. The van der Waals surface area contributed by atoms with Crippen molar-refractivity contribution in [1.29, 1.82) is 0 Å². The fourth-order valence-corrected chi connectivity index (χ4v) is 2.49. The molecule has 3 nitrogen and oxygen atoms in total. The maximum absolute atomic E-state index is 12.0. The van der Waals surface area contributed by atoms with E-state index >= 15 is 0 Å². The summed E-state index contributed by atoms with van der Waals surface area (Å²) in [5, 5.41) is 3.80. The van der Waals surface area contributed by atoms with E-state index in [1.807, 2.05) is 29.2 Å². The Hall–Kier alpha value is -1.22. The van der Waals surface area contributed by atoms with Crippen LogP contribution >= 0.6 is 11.6 Å². The molecule has 1 amide bonds. The summed E-state index contributed by atoms with van der Waals surface area (Å²) < 4.78 is 0. The van der Waals surface area contributed by atoms with E-state index in [0.29, 0.717) is 17.5 Å². The van der Waals surface area contributed by atoms with Crippen LogP contribution in [0.5, 0.6) is 0 Å². The summed E-state index contributed by atoms with van der Waals surface area (Å²) in [7, 11) is 0. The molecule has 2 rings (SSSR count). The minimum atomic E-state index is 0.168. The lowest BCUT2D eigenvalue weighted by Gasteiger charge is -2.31. The molecule has 98 valence electrons. The van der Waals surface area contributed by atoms with Gasteiger partial charge in [0.05, 0.1) is 6.54 Å². The highest BCUT2D eigenvalue weighted by Crippen LogP contribution is 2.17. The molecule has 1 atom stereocenters. The van der Waals surface area contributed by atoms with Crippen LogP contribution in [0.3, 0.4) is 0 Å². The van der Waals surface area contributed by atoms with Gasteiger partial charge in [-0.1, -0.05) is 24.6 Å². The molecule has 1 fully saturated rings. The zero-order valence-corrected chi connectivity index (χ0v) is 11.4. The van der Waals surface area contributed by atoms with Crippen LogP contribution in [-0.4, -0.2) is 30.4 Å². The maximum atomic E-state index is 12.0. The lowest BCUT2D eigenvalue weighted by atomic mass is 10.0. The highest BCUT2D eigenvalue weighted by molar-refractivity contribution is 6.30. The number of likely N-dealkylation sites (tertiary alicyclic amines) is 1. The number of piperidine rings is 1. The van der Waals surface area contributed by atoms with Crippen LogP contribution in [0, 0.1) is 5.92 Å². The Morgan fingerprint density at radius 1 is 1.56 bits per heavy atom. The van der Waals surface area contributed by atoms with Crippen molar-refractivity contribution in [2.45, 2.75) is 19.8 Å². The summed E-state index contributed by atoms with van der Waals surface area (Å²) in [5.74, 6) is 0.787. The van der Waals surface area contributed by atoms with Crippen molar-refractivity contribution < 1.29 is 4.79 Å². The van der Waals surface area contributed by atoms with E-state index in [-0.39, 0.29) is 5.91 Å². The highest BCUT2D eigenvalue weighted by Gasteiger charge is 2.20. The summed E-state index contributed by atoms with van der Waals surface area (Å²) in [6.07, 6.45) is 2.34. The van der Waals surface area contributed by atoms with Gasteiger partial charge in [-0.3, -0.25) is 4.79 Å². The summed E-state index contributed by atoms with van der Waals surface area (Å²) >= 11 is 5.89. The first-order valence-electron chi connectivity index (χ1n) is 6.42. The van der Waals surface area contributed by atoms with Gasteiger partial charge in [0.15, 0.2) is 0 Å². The number of amides is 1. The number of halogens is 1. The smallest absolute Gasteiger partial charge is 0.241 e. The van der Waals surface area contributed by atoms with E-state index in [2.05, 4.69) is 12.2 Å². The van der Waals surface area contributed by atoms with Crippen LogP contribution in [0.4, 0.5) is 5.69 Å². The number of carbonyl (C=O) groups is 1. The zero-order valence-electron chi connectivity index (χ0n) is 10.7. The van der Waals surface area contributed by atoms with Gasteiger partial charge in [-0.05, 0) is 37.0 Å². The van der Waals surface area contributed by atoms with Gasteiger partial charge in [0.2, 0.25) is 5.91 Å². The molecule has 0 spiro atoms. The van der Waals surface area contributed by atoms with Gasteiger partial charge in [-0.2, -0.15) is 0 Å². The fraction of sp³-hybridized carbons (Fsp3) is 0.500. The summed E-state index contributed by atoms with van der Waals surface area (Å²) in [5.41, 5.74) is 0.890. The largest absolute Gasteiger partial charge is 0.376 e. The van der Waals surface area contributed by atoms with E-state index in [1.54, 1.807) is 0 Å². The van der Waals surface area contributed by atoms with Crippen molar-refractivity contribution in [3.8, 4) is 0 Å². The number of hydrogen-bond donors (Lipinski definition) is 1. The average molecular weight is 267 g/mol. The Bertz CT molecular complexity index is 422. The molecule has 0 aromatic heterocycles. The summed E-state index contributed by atoms with van der Waals surface area (Å²) in [6.45, 7) is 4.31. The van der Waals surface area contributed by atoms with Gasteiger partial charge in [-0.25, -0.2) is 0 Å². The summed E-state index contributed by atoms with van der Waals surface area (Å²) in [4.78, 5) is 14.0. The van der Waals surface area contributed by atoms with Crippen molar-refractivity contribution in [2.24, 2.45) is 5.92 Å². The van der Waals surface area contributed by atoms with Crippen LogP contribution in [0.2, 0.25) is 5.02 Å². The molecule has 1 aromatic rings. The third-order valence-corrected chi connectivity index (χ3v) is 3.51. The number of hydrogen-bond acceptors (Lipinski definition) is 2. The van der Waals surface area contributed by atoms with E-state index in [0.717, 1.165) is 25.2 Å². The standard InChI is InChI=1S/C14H19ClN2O/c1-11-4-3-7-17(10-11)14(18)9-16-13-6-2-5-12(15)8-13/h2,5-6,8,11,16H,3-4,7,9-10H2,1H3/t11-/m0/s1. The molecule has 4 heteroatoms. The lowest BCUT2D eigenvalue weighted by Crippen LogP contribution is -2.41. The Labute approximate surface area is 113 Å². The molecular weight excluding hydrogens is 248 g/mol. The molecule has 1 aromatic carbocycles. The van der Waals surface area contributed by atoms with Crippen LogP contribution in [0.15, 0.2) is 24.3 Å². The Morgan fingerprint density at radius 3 is 3.11 bits per heavy atom. The molecule has 0 bridgehead atoms. The second kappa shape index (κ2) is 6.10. The van der Waals surface area contributed by atoms with Gasteiger partial charge in [0.25, 0.3) is 0 Å². The Balaban J connectivity index is 1.84. The number of nitrogens with zero attached hydrogens (tertiary/aromatic N) is 1. The molecule has 0 radical (unpaired) electrons. The van der Waals surface area contributed by atoms with E-state index in [4.69, 9.17) is 11.6 Å². The highest BCUT2D eigenvalue weighted by atomic mass is 35.5. The molecular formula is C14H19ClN2O. The van der Waals surface area contributed by atoms with Crippen molar-refractivity contribution in [1.82, 2.24) is 4.90 Å². The Kier molecular flexibility index (Phi) is 4.48. The number of rotatable bonds is 3. The van der Waals surface area contributed by atoms with Gasteiger partial charge in [0, 0.05) is 23.8 Å². The zero-order chi connectivity index (χ0) is 13.0. The van der Waals surface area contributed by atoms with Crippen molar-refractivity contribution in [3.63, 3.8) is 0 Å². The van der Waals surface area contributed by atoms with Crippen molar-refractivity contribution in [2.75, 3.05) is 25.0 Å². The van der Waals surface area contributed by atoms with Crippen LogP contribution in [-0.2, 0) is 4.79 Å². The monoisotopic (exact) mass is 266 g/mol. The third kappa shape index (κ3) is 3.64. The van der Waals surface area contributed by atoms with E-state index in [1.165, 1.54) is 6.42 Å². The minimum Gasteiger partial charge on any atom is -0.376 e. The van der Waals surface area contributed by atoms with Gasteiger partial charge >= 0.3 is 0 Å². The first-order chi connectivity index (χ1) is 8.65. The predicted octanol–water partition coefficient (Wildman–Crippen LogP) is 3.01. The average Bonchev–Trinajstić information content (AvgIpc) is 2.36. The SMILES string of the molecule is C[C@H]1CCCN(C(=O)CNc2cccc(Cl)c2)C1. The number of anilines is 1. The van der Waals surface area contributed by atoms with Gasteiger partial charge in [-0.15, -0.1) is 0 Å². The van der Waals surface area contributed by atoms with Crippen molar-refractivity contribution >= 4 is 23.2 Å². The van der Waals surface area contributed by atoms with Crippen molar-refractivity contribution in [3.05, 3.63) is 29.3 Å². The second-order valence-electron chi connectivity index (χ2n) is 4.95. The van der Waals surface area contributed by atoms with Gasteiger partial charge in [0.1, 0.15) is 0 Å². The first kappa shape index (κ1) is 13.2. The first-order valence-corrected chi connectivity index (χ1v) is 6.80. The minimum absolute atomic E-state index is 0.168. The molecule has 1 aliphatic rings. The molecule has 0 unspecified atom stereocenters. The Morgan fingerprint density at radius 2 is 2.39 bits per heavy atom. The molecule has 1 N–H and O–H groups in total. The van der Waals surface area contributed by atoms with Crippen LogP contribution < -0.4 is 5.32 Å². The van der Waals surface area contributed by atoms with E-state index < -0.39 is 0 Å². The molecule has 0 aliphatic carbocycles. The number of benzene rings is 1. The number of nitrogens with one attached hydrogen (secondary N) is 1. The molecule has 0 saturated carbocycles. The topological polar surface area (TPSA) is 32.3 Å². The maximum Gasteiger partial charge on any atom is 0.241 e. The third-order valence-electron chi connectivity index (χ3n) is 3.28. The van der Waals surface area contributed by atoms with Gasteiger partial charge < -0.3 is 10.2 Å². The predicted molar refractivity (Wildman–Crippen MR) is 74.9 cm³/mol. The summed E-state index contributed by atoms with van der Waals surface area (Å²) in [6, 6.07) is 7.44. The quantitative estimate of drug-likeness (QED) is 0.912. The van der Waals surface area contributed by atoms with Crippen LogP contribution in [0.25, 0.3) is 0 Å².